The number of fused-ring (bicyclic) bond motifs is 1. The zero-order valence-corrected chi connectivity index (χ0v) is 17.9. The number of ether oxygens (including phenoxy) is 1. The maximum atomic E-state index is 12.8. The van der Waals surface area contributed by atoms with E-state index in [0.717, 1.165) is 23.2 Å². The average Bonchev–Trinajstić information content (AvgIpc) is 2.77. The Hall–Kier alpha value is -2.96. The maximum absolute atomic E-state index is 12.8. The minimum atomic E-state index is -0.358. The molecule has 0 bridgehead atoms. The molecule has 0 aliphatic carbocycles. The zero-order chi connectivity index (χ0) is 22.0. The SMILES string of the molecule is C/C=C/c1ccc([C@@H]2[C@H](CO)N3C(=O)CN(Cc4ccc(C(=O)OC)cc4)C[C@@H]23)cc1. The number of esters is 1. The van der Waals surface area contributed by atoms with E-state index < -0.39 is 0 Å². The van der Waals surface area contributed by atoms with E-state index in [-0.39, 0.29) is 36.5 Å². The van der Waals surface area contributed by atoms with E-state index in [2.05, 4.69) is 35.2 Å². The summed E-state index contributed by atoms with van der Waals surface area (Å²) in [6.45, 7) is 3.68. The van der Waals surface area contributed by atoms with Gasteiger partial charge in [-0.3, -0.25) is 9.69 Å². The lowest BCUT2D eigenvalue weighted by Crippen LogP contribution is -2.72. The van der Waals surface area contributed by atoms with Gasteiger partial charge in [-0.25, -0.2) is 4.79 Å². The van der Waals surface area contributed by atoms with Gasteiger partial charge in [0.2, 0.25) is 5.91 Å². The number of hydrogen-bond acceptors (Lipinski definition) is 5. The largest absolute Gasteiger partial charge is 0.465 e. The van der Waals surface area contributed by atoms with E-state index in [4.69, 9.17) is 4.74 Å². The predicted octanol–water partition coefficient (Wildman–Crippen LogP) is 2.68. The molecule has 2 saturated heterocycles. The van der Waals surface area contributed by atoms with Gasteiger partial charge in [-0.1, -0.05) is 48.6 Å². The number of aliphatic hydroxyl groups excluding tert-OH is 1. The van der Waals surface area contributed by atoms with Crippen LogP contribution in [0.5, 0.6) is 0 Å². The predicted molar refractivity (Wildman–Crippen MR) is 118 cm³/mol. The summed E-state index contributed by atoms with van der Waals surface area (Å²) in [6.07, 6.45) is 4.06. The summed E-state index contributed by atoms with van der Waals surface area (Å²) in [5, 5.41) is 9.95. The van der Waals surface area contributed by atoms with E-state index in [9.17, 15) is 14.7 Å². The lowest BCUT2D eigenvalue weighted by atomic mass is 9.73. The van der Waals surface area contributed by atoms with Gasteiger partial charge in [-0.15, -0.1) is 0 Å². The Morgan fingerprint density at radius 2 is 1.87 bits per heavy atom. The van der Waals surface area contributed by atoms with Crippen molar-refractivity contribution < 1.29 is 19.4 Å². The van der Waals surface area contributed by atoms with E-state index in [1.54, 1.807) is 12.1 Å². The summed E-state index contributed by atoms with van der Waals surface area (Å²) in [5.74, 6) is -0.176. The molecule has 6 heteroatoms. The molecule has 3 atom stereocenters. The average molecular weight is 421 g/mol. The number of benzene rings is 2. The standard InChI is InChI=1S/C25H28N2O4/c1-3-4-17-5-9-19(10-6-17)24-21-14-26(15-23(29)27(21)22(24)16-28)13-18-7-11-20(12-8-18)25(30)31-2/h3-12,21-22,24,28H,13-16H2,1-2H3/b4-3+/t21-,22-,24-/m0/s1. The van der Waals surface area contributed by atoms with Crippen LogP contribution < -0.4 is 0 Å². The topological polar surface area (TPSA) is 70.1 Å². The van der Waals surface area contributed by atoms with Gasteiger partial charge in [0.15, 0.2) is 0 Å². The Labute approximate surface area is 182 Å². The third-order valence-electron chi connectivity index (χ3n) is 6.28. The van der Waals surface area contributed by atoms with Crippen LogP contribution in [0.1, 0.15) is 39.9 Å². The molecule has 0 radical (unpaired) electrons. The van der Waals surface area contributed by atoms with Crippen molar-refractivity contribution in [3.63, 3.8) is 0 Å². The highest BCUT2D eigenvalue weighted by molar-refractivity contribution is 5.89. The summed E-state index contributed by atoms with van der Waals surface area (Å²) in [4.78, 5) is 28.5. The first-order chi connectivity index (χ1) is 15.0. The van der Waals surface area contributed by atoms with Crippen LogP contribution in [-0.2, 0) is 16.1 Å². The fraction of sp³-hybridized carbons (Fsp3) is 0.360. The molecular weight excluding hydrogens is 392 g/mol. The summed E-state index contributed by atoms with van der Waals surface area (Å²) < 4.78 is 4.75. The van der Waals surface area contributed by atoms with Gasteiger partial charge in [-0.2, -0.15) is 0 Å². The van der Waals surface area contributed by atoms with Crippen molar-refractivity contribution in [1.82, 2.24) is 9.80 Å². The van der Waals surface area contributed by atoms with Gasteiger partial charge < -0.3 is 14.7 Å². The molecule has 2 heterocycles. The second-order valence-electron chi connectivity index (χ2n) is 8.17. The van der Waals surface area contributed by atoms with Crippen LogP contribution in [0.3, 0.4) is 0 Å². The summed E-state index contributed by atoms with van der Waals surface area (Å²) in [7, 11) is 1.37. The molecule has 2 aromatic carbocycles. The fourth-order valence-electron chi connectivity index (χ4n) is 4.83. The van der Waals surface area contributed by atoms with Crippen LogP contribution in [0.25, 0.3) is 6.08 Å². The summed E-state index contributed by atoms with van der Waals surface area (Å²) >= 11 is 0. The van der Waals surface area contributed by atoms with Crippen molar-refractivity contribution in [3.8, 4) is 0 Å². The first-order valence-electron chi connectivity index (χ1n) is 10.6. The first-order valence-corrected chi connectivity index (χ1v) is 10.6. The highest BCUT2D eigenvalue weighted by Gasteiger charge is 2.53. The van der Waals surface area contributed by atoms with Crippen molar-refractivity contribution in [2.45, 2.75) is 31.5 Å². The number of nitrogens with zero attached hydrogens (tertiary/aromatic N) is 2. The third-order valence-corrected chi connectivity index (χ3v) is 6.28. The molecule has 0 saturated carbocycles. The van der Waals surface area contributed by atoms with Gasteiger partial charge in [0.05, 0.1) is 37.9 Å². The van der Waals surface area contributed by atoms with Crippen LogP contribution in [0.2, 0.25) is 0 Å². The van der Waals surface area contributed by atoms with Crippen molar-refractivity contribution in [3.05, 3.63) is 76.9 Å². The number of hydrogen-bond donors (Lipinski definition) is 1. The second kappa shape index (κ2) is 9.04. The number of allylic oxidation sites excluding steroid dienone is 1. The Morgan fingerprint density at radius 1 is 1.16 bits per heavy atom. The maximum Gasteiger partial charge on any atom is 0.337 e. The molecule has 31 heavy (non-hydrogen) atoms. The highest BCUT2D eigenvalue weighted by Crippen LogP contribution is 2.43. The van der Waals surface area contributed by atoms with Gasteiger partial charge in [-0.05, 0) is 35.7 Å². The fourth-order valence-corrected chi connectivity index (χ4v) is 4.83. The van der Waals surface area contributed by atoms with Crippen LogP contribution in [-0.4, -0.2) is 65.7 Å². The van der Waals surface area contributed by atoms with E-state index in [0.29, 0.717) is 18.7 Å². The number of piperazine rings is 1. The molecule has 162 valence electrons. The highest BCUT2D eigenvalue weighted by atomic mass is 16.5. The minimum Gasteiger partial charge on any atom is -0.465 e. The van der Waals surface area contributed by atoms with Crippen LogP contribution in [0.4, 0.5) is 0 Å². The lowest BCUT2D eigenvalue weighted by Gasteiger charge is -2.59. The number of aliphatic hydroxyl groups is 1. The molecule has 4 rings (SSSR count). The molecule has 2 aromatic rings. The van der Waals surface area contributed by atoms with Crippen molar-refractivity contribution in [1.29, 1.82) is 0 Å². The molecule has 0 spiro atoms. The van der Waals surface area contributed by atoms with E-state index in [1.165, 1.54) is 7.11 Å². The molecular formula is C25H28N2O4. The van der Waals surface area contributed by atoms with Crippen molar-refractivity contribution in [2.24, 2.45) is 0 Å². The quantitative estimate of drug-likeness (QED) is 0.728. The number of amides is 1. The zero-order valence-electron chi connectivity index (χ0n) is 17.9. The number of methoxy groups -OCH3 is 1. The minimum absolute atomic E-state index is 0.0293. The van der Waals surface area contributed by atoms with Crippen molar-refractivity contribution >= 4 is 18.0 Å². The molecule has 1 amide bonds. The number of carbonyl (C=O) groups is 2. The molecule has 0 unspecified atom stereocenters. The molecule has 0 aromatic heterocycles. The Bertz CT molecular complexity index is 968. The molecule has 6 nitrogen and oxygen atoms in total. The van der Waals surface area contributed by atoms with Gasteiger partial charge >= 0.3 is 5.97 Å². The van der Waals surface area contributed by atoms with Crippen LogP contribution >= 0.6 is 0 Å². The Morgan fingerprint density at radius 3 is 2.48 bits per heavy atom. The molecule has 1 N–H and O–H groups in total. The smallest absolute Gasteiger partial charge is 0.337 e. The van der Waals surface area contributed by atoms with Crippen LogP contribution in [0.15, 0.2) is 54.6 Å². The van der Waals surface area contributed by atoms with Crippen molar-refractivity contribution in [2.75, 3.05) is 26.8 Å². The van der Waals surface area contributed by atoms with Crippen LogP contribution in [0, 0.1) is 0 Å². The van der Waals surface area contributed by atoms with Gasteiger partial charge in [0.1, 0.15) is 0 Å². The third kappa shape index (κ3) is 4.13. The second-order valence-corrected chi connectivity index (χ2v) is 8.17. The summed E-state index contributed by atoms with van der Waals surface area (Å²) in [6, 6.07) is 15.6. The van der Waals surface area contributed by atoms with Gasteiger partial charge in [0.25, 0.3) is 0 Å². The number of rotatable bonds is 6. The van der Waals surface area contributed by atoms with E-state index >= 15 is 0 Å². The Kier molecular flexibility index (Phi) is 6.20. The first kappa shape index (κ1) is 21.3. The Balaban J connectivity index is 1.48. The molecule has 2 fully saturated rings. The molecule has 2 aliphatic rings. The normalized spacial score (nSPS) is 23.5. The summed E-state index contributed by atoms with van der Waals surface area (Å²) in [5.41, 5.74) is 3.85. The van der Waals surface area contributed by atoms with E-state index in [1.807, 2.05) is 30.0 Å². The molecule has 2 aliphatic heterocycles. The monoisotopic (exact) mass is 420 g/mol. The lowest BCUT2D eigenvalue weighted by molar-refractivity contribution is -0.162. The number of carbonyl (C=O) groups excluding carboxylic acids is 2. The van der Waals surface area contributed by atoms with Gasteiger partial charge in [0, 0.05) is 19.0 Å².